The van der Waals surface area contributed by atoms with Gasteiger partial charge in [0.2, 0.25) is 0 Å². The van der Waals surface area contributed by atoms with E-state index in [0.29, 0.717) is 23.9 Å². The molecule has 0 amide bonds. The monoisotopic (exact) mass is 248 g/mol. The van der Waals surface area contributed by atoms with E-state index in [-0.39, 0.29) is 0 Å². The van der Waals surface area contributed by atoms with Crippen LogP contribution < -0.4 is 0 Å². The number of imidazole rings is 1. The molecule has 0 aromatic carbocycles. The summed E-state index contributed by atoms with van der Waals surface area (Å²) in [5, 5.41) is 9.27. The topological polar surface area (TPSA) is 54.5 Å². The summed E-state index contributed by atoms with van der Waals surface area (Å²) in [6.07, 6.45) is 2.06. The van der Waals surface area contributed by atoms with Crippen LogP contribution in [0.4, 0.5) is 0 Å². The van der Waals surface area contributed by atoms with Crippen LogP contribution in [0, 0.1) is 11.3 Å². The van der Waals surface area contributed by atoms with Crippen molar-refractivity contribution in [3.05, 3.63) is 23.1 Å². The van der Waals surface area contributed by atoms with Crippen LogP contribution in [0.1, 0.15) is 32.0 Å². The molecule has 4 nitrogen and oxygen atoms in total. The fourth-order valence-electron chi connectivity index (χ4n) is 1.83. The average molecular weight is 249 g/mol. The van der Waals surface area contributed by atoms with E-state index in [1.54, 1.807) is 12.3 Å². The second-order valence-corrected chi connectivity index (χ2v) is 4.62. The zero-order valence-corrected chi connectivity index (χ0v) is 10.6. The molecular weight excluding hydrogens is 236 g/mol. The lowest BCUT2D eigenvalue weighted by Gasteiger charge is -2.08. The number of nitrogens with zero attached hydrogens (tertiary/aromatic N) is 4. The number of halogens is 1. The molecule has 0 saturated carbocycles. The van der Waals surface area contributed by atoms with Gasteiger partial charge in [-0.1, -0.05) is 25.4 Å². The molecule has 0 unspecified atom stereocenters. The minimum atomic E-state index is 0.293. The van der Waals surface area contributed by atoms with Gasteiger partial charge in [0.25, 0.3) is 0 Å². The fourth-order valence-corrected chi connectivity index (χ4v) is 1.98. The predicted octanol–water partition coefficient (Wildman–Crippen LogP) is 3.12. The van der Waals surface area contributed by atoms with E-state index in [0.717, 1.165) is 17.0 Å². The van der Waals surface area contributed by atoms with Crippen LogP contribution in [-0.4, -0.2) is 14.5 Å². The second kappa shape index (κ2) is 4.72. The molecule has 0 radical (unpaired) electrons. The Morgan fingerprint density at radius 1 is 1.53 bits per heavy atom. The highest BCUT2D eigenvalue weighted by Gasteiger charge is 2.14. The van der Waals surface area contributed by atoms with E-state index in [9.17, 15) is 0 Å². The van der Waals surface area contributed by atoms with Gasteiger partial charge < -0.3 is 4.57 Å². The van der Waals surface area contributed by atoms with Gasteiger partial charge in [-0.25, -0.2) is 9.97 Å². The Hall–Kier alpha value is -1.60. The molecule has 0 aliphatic heterocycles. The number of fused-ring (bicyclic) bond motifs is 1. The number of pyridine rings is 1. The summed E-state index contributed by atoms with van der Waals surface area (Å²) in [6.45, 7) is 4.77. The van der Waals surface area contributed by atoms with Crippen molar-refractivity contribution < 1.29 is 0 Å². The SMILES string of the molecule is CC(C)c1nc2cc(Cl)cnc2n1CCC#N. The fraction of sp³-hybridized carbons (Fsp3) is 0.417. The number of hydrogen-bond donors (Lipinski definition) is 0. The van der Waals surface area contributed by atoms with Gasteiger partial charge in [-0.2, -0.15) is 5.26 Å². The molecule has 88 valence electrons. The molecule has 17 heavy (non-hydrogen) atoms. The molecule has 0 bridgehead atoms. The van der Waals surface area contributed by atoms with E-state index in [4.69, 9.17) is 16.9 Å². The molecular formula is C12H13ClN4. The van der Waals surface area contributed by atoms with Crippen molar-refractivity contribution in [2.24, 2.45) is 0 Å². The van der Waals surface area contributed by atoms with Gasteiger partial charge in [0.1, 0.15) is 11.3 Å². The first kappa shape index (κ1) is 11.9. The smallest absolute Gasteiger partial charge is 0.160 e. The van der Waals surface area contributed by atoms with Crippen LogP contribution in [0.15, 0.2) is 12.3 Å². The number of aryl methyl sites for hydroxylation is 1. The predicted molar refractivity (Wildman–Crippen MR) is 66.9 cm³/mol. The summed E-state index contributed by atoms with van der Waals surface area (Å²) in [6, 6.07) is 3.95. The maximum atomic E-state index is 8.69. The zero-order valence-electron chi connectivity index (χ0n) is 9.81. The number of rotatable bonds is 3. The Kier molecular flexibility index (Phi) is 3.30. The minimum Gasteiger partial charge on any atom is -0.311 e. The van der Waals surface area contributed by atoms with E-state index in [2.05, 4.69) is 29.9 Å². The largest absolute Gasteiger partial charge is 0.311 e. The van der Waals surface area contributed by atoms with Gasteiger partial charge in [0.15, 0.2) is 5.65 Å². The van der Waals surface area contributed by atoms with Gasteiger partial charge in [0, 0.05) is 18.7 Å². The molecule has 0 aliphatic carbocycles. The molecule has 2 heterocycles. The van der Waals surface area contributed by atoms with Crippen molar-refractivity contribution in [2.45, 2.75) is 32.7 Å². The normalized spacial score (nSPS) is 11.0. The Labute approximate surface area is 105 Å². The quantitative estimate of drug-likeness (QED) is 0.839. The summed E-state index contributed by atoms with van der Waals surface area (Å²) >= 11 is 5.90. The molecule has 2 aromatic rings. The summed E-state index contributed by atoms with van der Waals surface area (Å²) in [4.78, 5) is 8.83. The van der Waals surface area contributed by atoms with E-state index >= 15 is 0 Å². The molecule has 5 heteroatoms. The Morgan fingerprint density at radius 3 is 2.94 bits per heavy atom. The lowest BCUT2D eigenvalue weighted by atomic mass is 10.2. The third-order valence-corrected chi connectivity index (χ3v) is 2.75. The standard InChI is InChI=1S/C12H13ClN4/c1-8(2)11-16-10-6-9(13)7-15-12(10)17(11)5-3-4-14/h6-8H,3,5H2,1-2H3. The van der Waals surface area contributed by atoms with E-state index in [1.165, 1.54) is 0 Å². The van der Waals surface area contributed by atoms with Crippen molar-refractivity contribution in [3.8, 4) is 6.07 Å². The molecule has 2 rings (SSSR count). The second-order valence-electron chi connectivity index (χ2n) is 4.18. The van der Waals surface area contributed by atoms with E-state index in [1.807, 2.05) is 4.57 Å². The highest BCUT2D eigenvalue weighted by Crippen LogP contribution is 2.22. The molecule has 0 fully saturated rings. The number of aromatic nitrogens is 3. The van der Waals surface area contributed by atoms with Crippen LogP contribution in [-0.2, 0) is 6.54 Å². The lowest BCUT2D eigenvalue weighted by Crippen LogP contribution is -2.05. The van der Waals surface area contributed by atoms with Crippen LogP contribution in [0.5, 0.6) is 0 Å². The van der Waals surface area contributed by atoms with Crippen molar-refractivity contribution in [1.29, 1.82) is 5.26 Å². The average Bonchev–Trinajstić information content (AvgIpc) is 2.64. The highest BCUT2D eigenvalue weighted by atomic mass is 35.5. The zero-order chi connectivity index (χ0) is 12.4. The Balaban J connectivity index is 2.59. The van der Waals surface area contributed by atoms with Crippen LogP contribution in [0.3, 0.4) is 0 Å². The Bertz CT molecular complexity index is 580. The first-order valence-electron chi connectivity index (χ1n) is 5.52. The summed E-state index contributed by atoms with van der Waals surface area (Å²) in [7, 11) is 0. The summed E-state index contributed by atoms with van der Waals surface area (Å²) in [5.74, 6) is 1.24. The molecule has 0 saturated heterocycles. The third kappa shape index (κ3) is 2.25. The van der Waals surface area contributed by atoms with Crippen LogP contribution >= 0.6 is 11.6 Å². The van der Waals surface area contributed by atoms with Crippen LogP contribution in [0.2, 0.25) is 5.02 Å². The van der Waals surface area contributed by atoms with Gasteiger partial charge in [-0.05, 0) is 6.07 Å². The maximum Gasteiger partial charge on any atom is 0.160 e. The minimum absolute atomic E-state index is 0.293. The lowest BCUT2D eigenvalue weighted by molar-refractivity contribution is 0.640. The third-order valence-electron chi connectivity index (χ3n) is 2.54. The van der Waals surface area contributed by atoms with Crippen molar-refractivity contribution in [2.75, 3.05) is 0 Å². The number of nitriles is 1. The van der Waals surface area contributed by atoms with Gasteiger partial charge in [0.05, 0.1) is 17.5 Å². The van der Waals surface area contributed by atoms with Crippen molar-refractivity contribution >= 4 is 22.8 Å². The first-order chi connectivity index (χ1) is 8.13. The van der Waals surface area contributed by atoms with Crippen molar-refractivity contribution in [3.63, 3.8) is 0 Å². The van der Waals surface area contributed by atoms with E-state index < -0.39 is 0 Å². The maximum absolute atomic E-state index is 8.69. The highest BCUT2D eigenvalue weighted by molar-refractivity contribution is 6.31. The summed E-state index contributed by atoms with van der Waals surface area (Å²) < 4.78 is 2.00. The molecule has 2 aromatic heterocycles. The van der Waals surface area contributed by atoms with Crippen LogP contribution in [0.25, 0.3) is 11.2 Å². The number of hydrogen-bond acceptors (Lipinski definition) is 3. The van der Waals surface area contributed by atoms with Gasteiger partial charge >= 0.3 is 0 Å². The first-order valence-corrected chi connectivity index (χ1v) is 5.90. The van der Waals surface area contributed by atoms with Crippen molar-refractivity contribution in [1.82, 2.24) is 14.5 Å². The van der Waals surface area contributed by atoms with Gasteiger partial charge in [-0.15, -0.1) is 0 Å². The molecule has 0 aliphatic rings. The van der Waals surface area contributed by atoms with Gasteiger partial charge in [-0.3, -0.25) is 0 Å². The molecule has 0 spiro atoms. The Morgan fingerprint density at radius 2 is 2.29 bits per heavy atom. The summed E-state index contributed by atoms with van der Waals surface area (Å²) in [5.41, 5.74) is 1.59. The molecule has 0 atom stereocenters. The molecule has 0 N–H and O–H groups in total.